The lowest BCUT2D eigenvalue weighted by Gasteiger charge is -1.99. The highest BCUT2D eigenvalue weighted by Crippen LogP contribution is 2.03. The van der Waals surface area contributed by atoms with E-state index < -0.39 is 0 Å². The van der Waals surface area contributed by atoms with Crippen LogP contribution in [0.2, 0.25) is 0 Å². The molecule has 0 aliphatic carbocycles. The third kappa shape index (κ3) is 2.89. The molecule has 6 nitrogen and oxygen atoms in total. The van der Waals surface area contributed by atoms with Gasteiger partial charge in [0.15, 0.2) is 0 Å². The Kier molecular flexibility index (Phi) is 3.55. The molecule has 0 aliphatic heterocycles. The fourth-order valence-corrected chi connectivity index (χ4v) is 0.967. The van der Waals surface area contributed by atoms with Crippen molar-refractivity contribution in [2.45, 2.75) is 6.92 Å². The van der Waals surface area contributed by atoms with E-state index in [1.54, 1.807) is 0 Å². The Morgan fingerprint density at radius 1 is 1.67 bits per heavy atom. The third-order valence-electron chi connectivity index (χ3n) is 1.08. The van der Waals surface area contributed by atoms with Crippen LogP contribution in [0.15, 0.2) is 0 Å². The summed E-state index contributed by atoms with van der Waals surface area (Å²) in [5.74, 6) is -0.129. The van der Waals surface area contributed by atoms with E-state index in [2.05, 4.69) is 25.4 Å². The van der Waals surface area contributed by atoms with Crippen molar-refractivity contribution in [2.24, 2.45) is 0 Å². The lowest BCUT2D eigenvalue weighted by molar-refractivity contribution is -0.115. The molecule has 0 atom stereocenters. The van der Waals surface area contributed by atoms with Crippen LogP contribution in [-0.4, -0.2) is 33.8 Å². The van der Waals surface area contributed by atoms with Crippen LogP contribution >= 0.6 is 11.5 Å². The van der Waals surface area contributed by atoms with Gasteiger partial charge in [-0.1, -0.05) is 16.5 Å². The Morgan fingerprint density at radius 3 is 3.08 bits per heavy atom. The molecule has 0 saturated heterocycles. The van der Waals surface area contributed by atoms with Gasteiger partial charge in [0.1, 0.15) is 0 Å². The molecule has 1 heterocycles. The predicted octanol–water partition coefficient (Wildman–Crippen LogP) is -0.519. The standard InChI is InChI=1S/C5H9N5OS/c1-2-6-3-4(11)7-5-8-9-10-12-5/h6H,2-3H2,1H3,(H,7,8,10,11). The van der Waals surface area contributed by atoms with E-state index in [0.29, 0.717) is 5.13 Å². The summed E-state index contributed by atoms with van der Waals surface area (Å²) in [7, 11) is 0. The summed E-state index contributed by atoms with van der Waals surface area (Å²) in [6, 6.07) is 0. The molecule has 2 N–H and O–H groups in total. The van der Waals surface area contributed by atoms with Crippen LogP contribution in [0, 0.1) is 0 Å². The predicted molar refractivity (Wildman–Crippen MR) is 44.9 cm³/mol. The minimum Gasteiger partial charge on any atom is -0.309 e. The second-order valence-corrected chi connectivity index (χ2v) is 2.73. The first-order chi connectivity index (χ1) is 5.83. The van der Waals surface area contributed by atoms with Crippen molar-refractivity contribution in [3.8, 4) is 0 Å². The van der Waals surface area contributed by atoms with Crippen LogP contribution < -0.4 is 10.6 Å². The van der Waals surface area contributed by atoms with Crippen LogP contribution in [0.3, 0.4) is 0 Å². The quantitative estimate of drug-likeness (QED) is 0.663. The maximum atomic E-state index is 11.0. The Morgan fingerprint density at radius 2 is 2.50 bits per heavy atom. The highest BCUT2D eigenvalue weighted by molar-refractivity contribution is 7.09. The van der Waals surface area contributed by atoms with Gasteiger partial charge < -0.3 is 5.32 Å². The molecule has 1 amide bonds. The Balaban J connectivity index is 2.27. The second-order valence-electron chi connectivity index (χ2n) is 2.00. The zero-order valence-electron chi connectivity index (χ0n) is 6.57. The second kappa shape index (κ2) is 4.73. The average molecular weight is 187 g/mol. The molecule has 1 rings (SSSR count). The number of hydrogen-bond donors (Lipinski definition) is 2. The molecule has 7 heteroatoms. The van der Waals surface area contributed by atoms with Crippen molar-refractivity contribution in [1.29, 1.82) is 0 Å². The van der Waals surface area contributed by atoms with Crippen LogP contribution in [0.25, 0.3) is 0 Å². The van der Waals surface area contributed by atoms with E-state index in [1.165, 1.54) is 0 Å². The van der Waals surface area contributed by atoms with Crippen molar-refractivity contribution in [3.05, 3.63) is 0 Å². The fourth-order valence-electron chi connectivity index (χ4n) is 0.584. The first kappa shape index (κ1) is 9.01. The molecular formula is C5H9N5OS. The maximum absolute atomic E-state index is 11.0. The van der Waals surface area contributed by atoms with Gasteiger partial charge in [-0.25, -0.2) is 0 Å². The largest absolute Gasteiger partial charge is 0.309 e. The Bertz CT molecular complexity index is 236. The number of rotatable bonds is 4. The van der Waals surface area contributed by atoms with Gasteiger partial charge in [0.05, 0.1) is 6.54 Å². The molecule has 66 valence electrons. The van der Waals surface area contributed by atoms with Crippen molar-refractivity contribution < 1.29 is 4.79 Å². The number of aromatic nitrogens is 3. The van der Waals surface area contributed by atoms with Gasteiger partial charge >= 0.3 is 0 Å². The lowest BCUT2D eigenvalue weighted by Crippen LogP contribution is -2.27. The molecule has 0 aliphatic rings. The summed E-state index contributed by atoms with van der Waals surface area (Å²) >= 11 is 1.05. The highest BCUT2D eigenvalue weighted by Gasteiger charge is 2.03. The van der Waals surface area contributed by atoms with Gasteiger partial charge in [-0.15, -0.1) is 0 Å². The first-order valence-electron chi connectivity index (χ1n) is 3.48. The molecule has 0 fully saturated rings. The van der Waals surface area contributed by atoms with Crippen molar-refractivity contribution in [3.63, 3.8) is 0 Å². The number of likely N-dealkylation sites (N-methyl/N-ethyl adjacent to an activating group) is 1. The number of anilines is 1. The van der Waals surface area contributed by atoms with E-state index in [0.717, 1.165) is 18.1 Å². The zero-order chi connectivity index (χ0) is 8.81. The van der Waals surface area contributed by atoms with Crippen LogP contribution in [0.1, 0.15) is 6.92 Å². The number of carbonyl (C=O) groups excluding carboxylic acids is 1. The summed E-state index contributed by atoms with van der Waals surface area (Å²) in [4.78, 5) is 11.0. The molecule has 0 aromatic carbocycles. The summed E-state index contributed by atoms with van der Waals surface area (Å²) < 4.78 is 3.50. The third-order valence-corrected chi connectivity index (χ3v) is 1.59. The number of nitrogens with zero attached hydrogens (tertiary/aromatic N) is 3. The van der Waals surface area contributed by atoms with E-state index in [-0.39, 0.29) is 12.5 Å². The molecule has 0 radical (unpaired) electrons. The smallest absolute Gasteiger partial charge is 0.240 e. The maximum Gasteiger partial charge on any atom is 0.240 e. The van der Waals surface area contributed by atoms with Crippen molar-refractivity contribution >= 4 is 22.6 Å². The van der Waals surface area contributed by atoms with Crippen LogP contribution in [0.5, 0.6) is 0 Å². The lowest BCUT2D eigenvalue weighted by atomic mass is 10.5. The van der Waals surface area contributed by atoms with Gasteiger partial charge in [-0.2, -0.15) is 0 Å². The van der Waals surface area contributed by atoms with E-state index in [1.807, 2.05) is 6.92 Å². The Hall–Kier alpha value is -1.08. The number of hydrogen-bond acceptors (Lipinski definition) is 6. The van der Waals surface area contributed by atoms with Crippen molar-refractivity contribution in [1.82, 2.24) is 20.1 Å². The molecule has 0 unspecified atom stereocenters. The van der Waals surface area contributed by atoms with Crippen LogP contribution in [-0.2, 0) is 4.79 Å². The molecule has 12 heavy (non-hydrogen) atoms. The van der Waals surface area contributed by atoms with Gasteiger partial charge in [0.2, 0.25) is 11.0 Å². The summed E-state index contributed by atoms with van der Waals surface area (Å²) in [5.41, 5.74) is 0. The Labute approximate surface area is 73.5 Å². The van der Waals surface area contributed by atoms with Crippen LogP contribution in [0.4, 0.5) is 5.13 Å². The summed E-state index contributed by atoms with van der Waals surface area (Å²) in [6.45, 7) is 2.98. The molecule has 1 aromatic heterocycles. The van der Waals surface area contributed by atoms with E-state index in [4.69, 9.17) is 0 Å². The minimum absolute atomic E-state index is 0.129. The van der Waals surface area contributed by atoms with Crippen molar-refractivity contribution in [2.75, 3.05) is 18.4 Å². The zero-order valence-corrected chi connectivity index (χ0v) is 7.39. The minimum atomic E-state index is -0.129. The number of carbonyl (C=O) groups is 1. The topological polar surface area (TPSA) is 79.8 Å². The molecular weight excluding hydrogens is 178 g/mol. The van der Waals surface area contributed by atoms with E-state index in [9.17, 15) is 4.79 Å². The summed E-state index contributed by atoms with van der Waals surface area (Å²) in [5, 5.41) is 12.8. The number of nitrogens with one attached hydrogen (secondary N) is 2. The normalized spacial score (nSPS) is 9.75. The SMILES string of the molecule is CCNCC(=O)Nc1nnns1. The van der Waals surface area contributed by atoms with Gasteiger partial charge in [0, 0.05) is 11.5 Å². The molecule has 0 saturated carbocycles. The molecule has 0 bridgehead atoms. The highest BCUT2D eigenvalue weighted by atomic mass is 32.1. The summed E-state index contributed by atoms with van der Waals surface area (Å²) in [6.07, 6.45) is 0. The molecule has 1 aromatic rings. The van der Waals surface area contributed by atoms with Gasteiger partial charge in [0.25, 0.3) is 0 Å². The average Bonchev–Trinajstić information content (AvgIpc) is 2.53. The number of amides is 1. The van der Waals surface area contributed by atoms with Gasteiger partial charge in [-0.05, 0) is 11.8 Å². The monoisotopic (exact) mass is 187 g/mol. The fraction of sp³-hybridized carbons (Fsp3) is 0.600. The van der Waals surface area contributed by atoms with E-state index >= 15 is 0 Å². The van der Waals surface area contributed by atoms with Gasteiger partial charge in [-0.3, -0.25) is 10.1 Å². The first-order valence-corrected chi connectivity index (χ1v) is 4.26. The molecule has 0 spiro atoms.